The molecule has 0 aliphatic heterocycles. The second kappa shape index (κ2) is 10.1. The summed E-state index contributed by atoms with van der Waals surface area (Å²) < 4.78 is 0. The molecule has 3 aromatic rings. The van der Waals surface area contributed by atoms with Gasteiger partial charge < -0.3 is 15.6 Å². The molecule has 160 valence electrons. The third kappa shape index (κ3) is 5.81. The third-order valence-electron chi connectivity index (χ3n) is 4.23. The van der Waals surface area contributed by atoms with Gasteiger partial charge in [-0.15, -0.1) is 0 Å². The van der Waals surface area contributed by atoms with Gasteiger partial charge >= 0.3 is 0 Å². The largest absolute Gasteiger partial charge is 0.398 e. The van der Waals surface area contributed by atoms with E-state index in [1.165, 1.54) is 11.5 Å². The molecule has 0 atom stereocenters. The number of nitrogen functional groups attached to an aromatic ring is 1. The van der Waals surface area contributed by atoms with Gasteiger partial charge in [0.05, 0.1) is 21.5 Å². The highest BCUT2D eigenvalue weighted by atomic mass is 16.6. The maximum Gasteiger partial charge on any atom is 0.283 e. The number of nitrogens with one attached hydrogen (secondary N) is 1. The molecule has 1 heterocycles. The van der Waals surface area contributed by atoms with Crippen molar-refractivity contribution in [3.63, 3.8) is 0 Å². The third-order valence-corrected chi connectivity index (χ3v) is 4.23. The molecule has 0 bridgehead atoms. The summed E-state index contributed by atoms with van der Waals surface area (Å²) in [6.45, 7) is 3.57. The van der Waals surface area contributed by atoms with E-state index in [4.69, 9.17) is 5.73 Å². The van der Waals surface area contributed by atoms with Crippen LogP contribution < -0.4 is 5.73 Å². The van der Waals surface area contributed by atoms with E-state index in [1.54, 1.807) is 38.2 Å². The summed E-state index contributed by atoms with van der Waals surface area (Å²) in [4.78, 5) is 25.2. The fraction of sp³-hybridized carbons (Fsp3) is 0.238. The summed E-state index contributed by atoms with van der Waals surface area (Å²) in [5, 5.41) is 22.8. The lowest BCUT2D eigenvalue weighted by Crippen LogP contribution is -2.01. The number of anilines is 1. The zero-order chi connectivity index (χ0) is 21.7. The van der Waals surface area contributed by atoms with E-state index in [2.05, 4.69) is 11.1 Å². The molecule has 3 N–H and O–H groups in total. The van der Waals surface area contributed by atoms with Crippen LogP contribution in [0.4, 0.5) is 17.1 Å². The van der Waals surface area contributed by atoms with Crippen molar-refractivity contribution in [2.24, 2.45) is 0 Å². The Labute approximate surface area is 175 Å². The monoisotopic (exact) mass is 413 g/mol. The number of hydrogen-bond donors (Lipinski definition) is 2. The van der Waals surface area contributed by atoms with Crippen molar-refractivity contribution in [2.45, 2.75) is 21.3 Å². The summed E-state index contributed by atoms with van der Waals surface area (Å²) in [7, 11) is 3.56. The molecule has 0 unspecified atom stereocenters. The van der Waals surface area contributed by atoms with Crippen molar-refractivity contribution >= 4 is 34.0 Å². The molecule has 0 radical (unpaired) electrons. The molecule has 30 heavy (non-hydrogen) atoms. The summed E-state index contributed by atoms with van der Waals surface area (Å²) in [6.07, 6.45) is 5.12. The van der Waals surface area contributed by atoms with Crippen LogP contribution in [-0.2, 0) is 0 Å². The Morgan fingerprint density at radius 1 is 1.00 bits per heavy atom. The second-order valence-electron chi connectivity index (χ2n) is 6.76. The van der Waals surface area contributed by atoms with Gasteiger partial charge in [-0.25, -0.2) is 0 Å². The molecule has 0 spiro atoms. The normalized spacial score (nSPS) is 10.3. The number of fused-ring (bicyclic) bond motifs is 1. The molecule has 0 saturated heterocycles. The molecule has 1 aromatic heterocycles. The zero-order valence-electron chi connectivity index (χ0n) is 16.7. The van der Waals surface area contributed by atoms with E-state index in [0.717, 1.165) is 22.8 Å². The van der Waals surface area contributed by atoms with Crippen LogP contribution in [0.5, 0.6) is 0 Å². The number of aromatic amines is 1. The van der Waals surface area contributed by atoms with E-state index in [9.17, 15) is 20.2 Å². The number of nitro groups is 2. The van der Waals surface area contributed by atoms with E-state index in [0.29, 0.717) is 11.1 Å². The average Bonchev–Trinajstić information content (AvgIpc) is 3.07. The standard InChI is InChI=1S/C11H13N3O4.C9H10N2.CH4/c1-8-6-9(4-5-12(2)3)11(14(17)18)7-10(8)13(15)16;1-6-4-7-2-3-11-9(7)5-8(6)10;/h4-7H,1-3H3;2-5,11H,10H2,1H3;1H4/b5-4+;;. The van der Waals surface area contributed by atoms with Crippen LogP contribution in [0.25, 0.3) is 17.0 Å². The van der Waals surface area contributed by atoms with Crippen molar-refractivity contribution in [1.29, 1.82) is 0 Å². The van der Waals surface area contributed by atoms with Crippen molar-refractivity contribution in [3.05, 3.63) is 79.6 Å². The first-order chi connectivity index (χ1) is 13.6. The number of aryl methyl sites for hydroxylation is 2. The van der Waals surface area contributed by atoms with Crippen LogP contribution in [0.2, 0.25) is 0 Å². The first kappa shape index (κ1) is 24.2. The van der Waals surface area contributed by atoms with Gasteiger partial charge in [0.2, 0.25) is 0 Å². The number of hydrogen-bond acceptors (Lipinski definition) is 6. The van der Waals surface area contributed by atoms with E-state index >= 15 is 0 Å². The fourth-order valence-electron chi connectivity index (χ4n) is 2.66. The van der Waals surface area contributed by atoms with Gasteiger partial charge in [0.1, 0.15) is 0 Å². The van der Waals surface area contributed by atoms with Crippen LogP contribution in [0, 0.1) is 34.1 Å². The Hall–Kier alpha value is -3.88. The smallest absolute Gasteiger partial charge is 0.283 e. The highest BCUT2D eigenvalue weighted by Gasteiger charge is 2.21. The van der Waals surface area contributed by atoms with Gasteiger partial charge in [-0.2, -0.15) is 0 Å². The van der Waals surface area contributed by atoms with Gasteiger partial charge in [0.25, 0.3) is 11.4 Å². The van der Waals surface area contributed by atoms with Crippen LogP contribution in [0.1, 0.15) is 24.1 Å². The molecule has 2 aromatic carbocycles. The van der Waals surface area contributed by atoms with Gasteiger partial charge in [-0.1, -0.05) is 7.43 Å². The predicted molar refractivity (Wildman–Crippen MR) is 121 cm³/mol. The Morgan fingerprint density at radius 2 is 1.63 bits per heavy atom. The summed E-state index contributed by atoms with van der Waals surface area (Å²) >= 11 is 0. The van der Waals surface area contributed by atoms with Crippen molar-refractivity contribution < 1.29 is 9.85 Å². The Morgan fingerprint density at radius 3 is 2.20 bits per heavy atom. The molecule has 9 heteroatoms. The lowest BCUT2D eigenvalue weighted by molar-refractivity contribution is -0.394. The number of benzene rings is 2. The molecule has 0 aliphatic rings. The Bertz CT molecular complexity index is 1050. The minimum Gasteiger partial charge on any atom is -0.398 e. The number of nitrogens with two attached hydrogens (primary N) is 1. The quantitative estimate of drug-likeness (QED) is 0.350. The SMILES string of the molecule is C.Cc1cc(/C=C/N(C)C)c([N+](=O)[O-])cc1[N+](=O)[O-].Cc1cc2cc[nH]c2cc1N. The summed E-state index contributed by atoms with van der Waals surface area (Å²) in [6, 6.07) is 8.52. The van der Waals surface area contributed by atoms with Crippen LogP contribution >= 0.6 is 0 Å². The lowest BCUT2D eigenvalue weighted by Gasteiger charge is -2.05. The Balaban J connectivity index is 0.000000320. The Kier molecular flexibility index (Phi) is 8.10. The molecule has 0 fully saturated rings. The summed E-state index contributed by atoms with van der Waals surface area (Å²) in [5.74, 6) is 0. The van der Waals surface area contributed by atoms with Crippen molar-refractivity contribution in [2.75, 3.05) is 19.8 Å². The van der Waals surface area contributed by atoms with Gasteiger partial charge in [-0.05, 0) is 61.3 Å². The number of rotatable bonds is 4. The number of nitro benzene ring substituents is 2. The molecule has 0 amide bonds. The fourth-order valence-corrected chi connectivity index (χ4v) is 2.66. The van der Waals surface area contributed by atoms with Crippen LogP contribution in [0.15, 0.2) is 42.7 Å². The average molecular weight is 413 g/mol. The van der Waals surface area contributed by atoms with Crippen molar-refractivity contribution in [3.8, 4) is 0 Å². The molecular formula is C21H27N5O4. The maximum absolute atomic E-state index is 10.9. The molecule has 0 aliphatic carbocycles. The van der Waals surface area contributed by atoms with Gasteiger partial charge in [0.15, 0.2) is 0 Å². The number of aromatic nitrogens is 1. The second-order valence-corrected chi connectivity index (χ2v) is 6.76. The predicted octanol–water partition coefficient (Wildman–Crippen LogP) is 5.04. The molecule has 9 nitrogen and oxygen atoms in total. The minimum atomic E-state index is -0.623. The summed E-state index contributed by atoms with van der Waals surface area (Å²) in [5.41, 5.74) is 9.03. The molecule has 3 rings (SSSR count). The zero-order valence-corrected chi connectivity index (χ0v) is 16.7. The lowest BCUT2D eigenvalue weighted by atomic mass is 10.1. The highest BCUT2D eigenvalue weighted by molar-refractivity contribution is 5.83. The van der Waals surface area contributed by atoms with Crippen LogP contribution in [-0.4, -0.2) is 33.8 Å². The van der Waals surface area contributed by atoms with E-state index < -0.39 is 9.85 Å². The van der Waals surface area contributed by atoms with Gasteiger partial charge in [-0.3, -0.25) is 20.2 Å². The van der Waals surface area contributed by atoms with E-state index in [1.807, 2.05) is 25.3 Å². The number of H-pyrrole nitrogens is 1. The van der Waals surface area contributed by atoms with E-state index in [-0.39, 0.29) is 18.8 Å². The number of nitrogens with zero attached hydrogens (tertiary/aromatic N) is 3. The first-order valence-electron chi connectivity index (χ1n) is 8.71. The minimum absolute atomic E-state index is 0. The highest BCUT2D eigenvalue weighted by Crippen LogP contribution is 2.29. The molecule has 0 saturated carbocycles. The topological polar surface area (TPSA) is 131 Å². The van der Waals surface area contributed by atoms with Crippen molar-refractivity contribution in [1.82, 2.24) is 9.88 Å². The van der Waals surface area contributed by atoms with Gasteiger partial charge in [0, 0.05) is 37.1 Å². The first-order valence-corrected chi connectivity index (χ1v) is 8.71. The van der Waals surface area contributed by atoms with Crippen LogP contribution in [0.3, 0.4) is 0 Å². The molecular weight excluding hydrogens is 386 g/mol. The maximum atomic E-state index is 10.9.